The molecule has 0 fully saturated rings. The maximum Gasteiger partial charge on any atom is 0.305 e. The van der Waals surface area contributed by atoms with E-state index in [0.717, 1.165) is 18.4 Å². The van der Waals surface area contributed by atoms with Gasteiger partial charge in [0.05, 0.1) is 6.42 Å². The molecule has 37 heavy (non-hydrogen) atoms. The maximum atomic E-state index is 12.5. The quantitative estimate of drug-likeness (QED) is 0.228. The molecule has 4 aromatic rings. The van der Waals surface area contributed by atoms with Crippen LogP contribution in [0.5, 0.6) is 0 Å². The van der Waals surface area contributed by atoms with Crippen molar-refractivity contribution in [3.05, 3.63) is 118 Å². The van der Waals surface area contributed by atoms with Gasteiger partial charge in [0.25, 0.3) is 5.91 Å². The number of carbonyl (C=O) groups is 2. The first-order valence-corrected chi connectivity index (χ1v) is 13.1. The van der Waals surface area contributed by atoms with Crippen LogP contribution in [0.3, 0.4) is 0 Å². The normalized spacial score (nSPS) is 12.7. The number of aliphatic carboxylic acids is 1. The highest BCUT2D eigenvalue weighted by molar-refractivity contribution is 6.30. The monoisotopic (exact) mass is 513 g/mol. The lowest BCUT2D eigenvalue weighted by Crippen LogP contribution is -2.26. The number of fused-ring (bicyclic) bond motifs is 1. The van der Waals surface area contributed by atoms with Crippen LogP contribution < -0.4 is 5.32 Å². The summed E-state index contributed by atoms with van der Waals surface area (Å²) in [4.78, 5) is 23.2. The first kappa shape index (κ1) is 26.4. The van der Waals surface area contributed by atoms with E-state index in [9.17, 15) is 9.59 Å². The Balaban J connectivity index is 1.71. The van der Waals surface area contributed by atoms with E-state index in [2.05, 4.69) is 67.7 Å². The number of carboxylic acid groups (broad SMARTS) is 1. The molecule has 0 aliphatic carbocycles. The van der Waals surface area contributed by atoms with E-state index in [4.69, 9.17) is 16.7 Å². The number of amides is 1. The summed E-state index contributed by atoms with van der Waals surface area (Å²) >= 11 is 6.24. The molecular weight excluding hydrogens is 482 g/mol. The number of hydrogen-bond acceptors (Lipinski definition) is 2. The zero-order valence-corrected chi connectivity index (χ0v) is 22.0. The van der Waals surface area contributed by atoms with Crippen molar-refractivity contribution < 1.29 is 14.7 Å². The highest BCUT2D eigenvalue weighted by atomic mass is 35.5. The van der Waals surface area contributed by atoms with E-state index in [0.29, 0.717) is 10.6 Å². The van der Waals surface area contributed by atoms with Crippen molar-refractivity contribution in [1.82, 2.24) is 5.32 Å². The second-order valence-corrected chi connectivity index (χ2v) is 9.99. The Morgan fingerprint density at radius 1 is 0.838 bits per heavy atom. The lowest BCUT2D eigenvalue weighted by molar-refractivity contribution is -0.136. The van der Waals surface area contributed by atoms with Gasteiger partial charge in [-0.25, -0.2) is 0 Å². The minimum Gasteiger partial charge on any atom is -0.481 e. The first-order valence-electron chi connectivity index (χ1n) is 12.7. The summed E-state index contributed by atoms with van der Waals surface area (Å²) in [5, 5.41) is 14.6. The van der Waals surface area contributed by atoms with Crippen molar-refractivity contribution >= 4 is 34.2 Å². The van der Waals surface area contributed by atoms with Crippen molar-refractivity contribution in [3.63, 3.8) is 0 Å². The van der Waals surface area contributed by atoms with Gasteiger partial charge in [0, 0.05) is 23.0 Å². The molecule has 0 aliphatic rings. The lowest BCUT2D eigenvalue weighted by Gasteiger charge is -2.29. The van der Waals surface area contributed by atoms with Crippen molar-refractivity contribution in [2.45, 2.75) is 44.9 Å². The van der Waals surface area contributed by atoms with Gasteiger partial charge in [0.2, 0.25) is 0 Å². The van der Waals surface area contributed by atoms with Crippen LogP contribution in [0.1, 0.15) is 70.6 Å². The molecule has 4 aromatic carbocycles. The van der Waals surface area contributed by atoms with Gasteiger partial charge in [-0.2, -0.15) is 0 Å². The average Bonchev–Trinajstić information content (AvgIpc) is 2.89. The van der Waals surface area contributed by atoms with Gasteiger partial charge in [0.15, 0.2) is 0 Å². The van der Waals surface area contributed by atoms with Crippen molar-refractivity contribution in [1.29, 1.82) is 0 Å². The highest BCUT2D eigenvalue weighted by Crippen LogP contribution is 2.42. The Morgan fingerprint density at radius 3 is 2.14 bits per heavy atom. The predicted molar refractivity (Wildman–Crippen MR) is 151 cm³/mol. The zero-order chi connectivity index (χ0) is 26.4. The summed E-state index contributed by atoms with van der Waals surface area (Å²) in [5.41, 5.74) is 5.37. The molecule has 0 bridgehead atoms. The highest BCUT2D eigenvalue weighted by Gasteiger charge is 2.26. The Hall–Kier alpha value is -3.63. The van der Waals surface area contributed by atoms with Gasteiger partial charge < -0.3 is 10.4 Å². The molecule has 4 rings (SSSR count). The Labute approximate surface area is 223 Å². The average molecular weight is 514 g/mol. The fourth-order valence-electron chi connectivity index (χ4n) is 5.01. The molecule has 0 aliphatic heterocycles. The SMILES string of the molecule is CCCC(c1ccc(C(=O)NCCC(=O)O)cc1)C(c1ccc(Cl)cc1)c1ccc2cc(C)ccc2c1. The summed E-state index contributed by atoms with van der Waals surface area (Å²) in [6.45, 7) is 4.41. The summed E-state index contributed by atoms with van der Waals surface area (Å²) in [7, 11) is 0. The topological polar surface area (TPSA) is 66.4 Å². The number of aryl methyl sites for hydroxylation is 1. The molecule has 2 N–H and O–H groups in total. The van der Waals surface area contributed by atoms with Gasteiger partial charge >= 0.3 is 5.97 Å². The fourth-order valence-corrected chi connectivity index (χ4v) is 5.13. The summed E-state index contributed by atoms with van der Waals surface area (Å²) in [5.74, 6) is -0.898. The van der Waals surface area contributed by atoms with Crippen molar-refractivity contribution in [2.24, 2.45) is 0 Å². The molecule has 0 radical (unpaired) electrons. The Kier molecular flexibility index (Phi) is 8.62. The molecule has 0 heterocycles. The van der Waals surface area contributed by atoms with E-state index in [1.807, 2.05) is 36.4 Å². The van der Waals surface area contributed by atoms with E-state index in [1.54, 1.807) is 0 Å². The molecule has 0 aromatic heterocycles. The van der Waals surface area contributed by atoms with Crippen LogP contribution in [0.2, 0.25) is 5.02 Å². The van der Waals surface area contributed by atoms with Gasteiger partial charge in [-0.15, -0.1) is 0 Å². The Bertz CT molecular complexity index is 1380. The van der Waals surface area contributed by atoms with Crippen LogP contribution in [-0.2, 0) is 4.79 Å². The maximum absolute atomic E-state index is 12.5. The molecule has 2 atom stereocenters. The molecule has 0 spiro atoms. The van der Waals surface area contributed by atoms with Gasteiger partial charge in [0.1, 0.15) is 0 Å². The summed E-state index contributed by atoms with van der Waals surface area (Å²) < 4.78 is 0. The van der Waals surface area contributed by atoms with Gasteiger partial charge in [-0.05, 0) is 71.0 Å². The summed E-state index contributed by atoms with van der Waals surface area (Å²) in [6.07, 6.45) is 1.89. The third-order valence-corrected chi connectivity index (χ3v) is 7.09. The molecule has 190 valence electrons. The third-order valence-electron chi connectivity index (χ3n) is 6.84. The largest absolute Gasteiger partial charge is 0.481 e. The number of rotatable bonds is 10. The minimum atomic E-state index is -0.935. The van der Waals surface area contributed by atoms with Crippen LogP contribution in [0, 0.1) is 6.92 Å². The van der Waals surface area contributed by atoms with E-state index in [1.165, 1.54) is 27.5 Å². The first-order chi connectivity index (χ1) is 17.9. The molecular formula is C32H32ClNO3. The number of carboxylic acids is 1. The molecule has 4 nitrogen and oxygen atoms in total. The molecule has 1 amide bonds. The number of carbonyl (C=O) groups excluding carboxylic acids is 1. The second-order valence-electron chi connectivity index (χ2n) is 9.56. The van der Waals surface area contributed by atoms with Crippen molar-refractivity contribution in [2.75, 3.05) is 6.54 Å². The van der Waals surface area contributed by atoms with E-state index >= 15 is 0 Å². The predicted octanol–water partition coefficient (Wildman–Crippen LogP) is 7.72. The third kappa shape index (κ3) is 6.58. The molecule has 5 heteroatoms. The van der Waals surface area contributed by atoms with Crippen LogP contribution in [0.4, 0.5) is 0 Å². The van der Waals surface area contributed by atoms with Crippen LogP contribution in [-0.4, -0.2) is 23.5 Å². The summed E-state index contributed by atoms with van der Waals surface area (Å²) in [6, 6.07) is 29.1. The smallest absolute Gasteiger partial charge is 0.305 e. The van der Waals surface area contributed by atoms with Crippen molar-refractivity contribution in [3.8, 4) is 0 Å². The molecule has 2 unspecified atom stereocenters. The fraction of sp³-hybridized carbons (Fsp3) is 0.250. The van der Waals surface area contributed by atoms with Gasteiger partial charge in [-0.1, -0.05) is 91.2 Å². The molecule has 0 saturated heterocycles. The number of nitrogens with one attached hydrogen (secondary N) is 1. The standard InChI is InChI=1S/C32H32ClNO3/c1-3-4-29(22-7-9-24(10-8-22)32(37)34-18-17-30(35)36)31(23-13-15-28(33)16-14-23)27-12-11-25-19-21(2)5-6-26(25)20-27/h5-16,19-20,29,31H,3-4,17-18H2,1-2H3,(H,34,37)(H,35,36). The van der Waals surface area contributed by atoms with Crippen LogP contribution in [0.15, 0.2) is 84.9 Å². The second kappa shape index (κ2) is 12.1. The van der Waals surface area contributed by atoms with Crippen LogP contribution in [0.25, 0.3) is 10.8 Å². The van der Waals surface area contributed by atoms with Gasteiger partial charge in [-0.3, -0.25) is 9.59 Å². The molecule has 0 saturated carbocycles. The number of benzene rings is 4. The van der Waals surface area contributed by atoms with E-state index < -0.39 is 5.97 Å². The van der Waals surface area contributed by atoms with E-state index in [-0.39, 0.29) is 30.7 Å². The number of halogens is 1. The minimum absolute atomic E-state index is 0.101. The Morgan fingerprint density at radius 2 is 1.46 bits per heavy atom. The van der Waals surface area contributed by atoms with Crippen LogP contribution >= 0.6 is 11.6 Å². The number of hydrogen-bond donors (Lipinski definition) is 2. The zero-order valence-electron chi connectivity index (χ0n) is 21.2. The lowest BCUT2D eigenvalue weighted by atomic mass is 9.74.